The average Bonchev–Trinajstić information content (AvgIpc) is 2.73. The number of hydrogen-bond acceptors (Lipinski definition) is 5. The number of halogens is 1. The highest BCUT2D eigenvalue weighted by Gasteiger charge is 2.13. The standard InChI is InChI=1S/C21H19BrN2O4/c1-26-18-9-14-7-5-4-6-13(14)8-16(18)21(25)24-23-12-15-10-19(27-2)20(28-3)11-17(15)22/h4-12H,1-3H3,(H,24,25)/b23-12-. The highest BCUT2D eigenvalue weighted by molar-refractivity contribution is 9.10. The summed E-state index contributed by atoms with van der Waals surface area (Å²) < 4.78 is 16.7. The molecule has 0 aliphatic heterocycles. The number of hydrogen-bond donors (Lipinski definition) is 1. The number of methoxy groups -OCH3 is 3. The van der Waals surface area contributed by atoms with Crippen molar-refractivity contribution in [1.29, 1.82) is 0 Å². The molecule has 0 aromatic heterocycles. The molecule has 6 nitrogen and oxygen atoms in total. The molecule has 0 unspecified atom stereocenters. The average molecular weight is 443 g/mol. The molecule has 0 fully saturated rings. The van der Waals surface area contributed by atoms with Gasteiger partial charge in [0, 0.05) is 10.0 Å². The van der Waals surface area contributed by atoms with Crippen LogP contribution in [0.3, 0.4) is 0 Å². The predicted octanol–water partition coefficient (Wildman–Crippen LogP) is 4.39. The first-order chi connectivity index (χ1) is 13.6. The molecule has 144 valence electrons. The zero-order valence-corrected chi connectivity index (χ0v) is 17.2. The molecular weight excluding hydrogens is 424 g/mol. The van der Waals surface area contributed by atoms with E-state index in [1.807, 2.05) is 30.3 Å². The van der Waals surface area contributed by atoms with Crippen molar-refractivity contribution >= 4 is 38.8 Å². The monoisotopic (exact) mass is 442 g/mol. The van der Waals surface area contributed by atoms with Crippen LogP contribution in [0.15, 0.2) is 58.1 Å². The highest BCUT2D eigenvalue weighted by atomic mass is 79.9. The van der Waals surface area contributed by atoms with Gasteiger partial charge in [0.1, 0.15) is 5.75 Å². The summed E-state index contributed by atoms with van der Waals surface area (Å²) in [6.45, 7) is 0. The van der Waals surface area contributed by atoms with Crippen LogP contribution in [0.4, 0.5) is 0 Å². The Balaban J connectivity index is 1.83. The van der Waals surface area contributed by atoms with E-state index in [1.165, 1.54) is 13.3 Å². The Morgan fingerprint density at radius 1 is 0.929 bits per heavy atom. The van der Waals surface area contributed by atoms with Crippen LogP contribution in [0.2, 0.25) is 0 Å². The molecule has 0 atom stereocenters. The van der Waals surface area contributed by atoms with Crippen LogP contribution >= 0.6 is 15.9 Å². The number of ether oxygens (including phenoxy) is 3. The number of benzene rings is 3. The molecule has 1 N–H and O–H groups in total. The van der Waals surface area contributed by atoms with Gasteiger partial charge in [0.15, 0.2) is 11.5 Å². The molecule has 3 aromatic carbocycles. The van der Waals surface area contributed by atoms with Gasteiger partial charge in [-0.25, -0.2) is 5.43 Å². The number of nitrogens with zero attached hydrogens (tertiary/aromatic N) is 1. The Bertz CT molecular complexity index is 1050. The van der Waals surface area contributed by atoms with Crippen molar-refractivity contribution in [2.75, 3.05) is 21.3 Å². The molecule has 7 heteroatoms. The van der Waals surface area contributed by atoms with Gasteiger partial charge >= 0.3 is 0 Å². The van der Waals surface area contributed by atoms with Crippen molar-refractivity contribution in [3.63, 3.8) is 0 Å². The largest absolute Gasteiger partial charge is 0.496 e. The first kappa shape index (κ1) is 19.7. The number of fused-ring (bicyclic) bond motifs is 1. The molecule has 0 radical (unpaired) electrons. The topological polar surface area (TPSA) is 69.2 Å². The zero-order chi connectivity index (χ0) is 20.1. The van der Waals surface area contributed by atoms with E-state index in [0.717, 1.165) is 20.8 Å². The maximum atomic E-state index is 12.6. The SMILES string of the molecule is COc1cc(Br)c(/C=N\NC(=O)c2cc3ccccc3cc2OC)cc1OC. The van der Waals surface area contributed by atoms with E-state index < -0.39 is 0 Å². The Morgan fingerprint density at radius 2 is 1.54 bits per heavy atom. The maximum absolute atomic E-state index is 12.6. The molecule has 3 aromatic rings. The fraction of sp³-hybridized carbons (Fsp3) is 0.143. The van der Waals surface area contributed by atoms with E-state index in [2.05, 4.69) is 26.5 Å². The summed E-state index contributed by atoms with van der Waals surface area (Å²) in [6, 6.07) is 14.9. The van der Waals surface area contributed by atoms with Crippen molar-refractivity contribution in [3.8, 4) is 17.2 Å². The van der Waals surface area contributed by atoms with Gasteiger partial charge in [-0.2, -0.15) is 5.10 Å². The summed E-state index contributed by atoms with van der Waals surface area (Å²) in [6.07, 6.45) is 1.53. The lowest BCUT2D eigenvalue weighted by atomic mass is 10.1. The van der Waals surface area contributed by atoms with Crippen LogP contribution in [-0.4, -0.2) is 33.5 Å². The molecule has 0 bridgehead atoms. The zero-order valence-electron chi connectivity index (χ0n) is 15.7. The summed E-state index contributed by atoms with van der Waals surface area (Å²) in [5.74, 6) is 1.28. The molecule has 0 heterocycles. The molecule has 1 amide bonds. The third kappa shape index (κ3) is 4.09. The number of nitrogens with one attached hydrogen (secondary N) is 1. The second-order valence-electron chi connectivity index (χ2n) is 5.83. The van der Waals surface area contributed by atoms with Crippen LogP contribution in [-0.2, 0) is 0 Å². The second-order valence-corrected chi connectivity index (χ2v) is 6.68. The molecule has 3 rings (SSSR count). The van der Waals surface area contributed by atoms with Crippen molar-refractivity contribution in [3.05, 3.63) is 64.1 Å². The third-order valence-corrected chi connectivity index (χ3v) is 4.87. The first-order valence-corrected chi connectivity index (χ1v) is 9.18. The van der Waals surface area contributed by atoms with Gasteiger partial charge in [0.05, 0.1) is 33.1 Å². The van der Waals surface area contributed by atoms with Crippen LogP contribution in [0.5, 0.6) is 17.2 Å². The molecule has 28 heavy (non-hydrogen) atoms. The molecule has 0 saturated carbocycles. The van der Waals surface area contributed by atoms with Crippen LogP contribution in [0, 0.1) is 0 Å². The lowest BCUT2D eigenvalue weighted by Gasteiger charge is -2.10. The Labute approximate surface area is 171 Å². The molecule has 0 spiro atoms. The lowest BCUT2D eigenvalue weighted by Crippen LogP contribution is -2.18. The third-order valence-electron chi connectivity index (χ3n) is 4.19. The summed E-state index contributed by atoms with van der Waals surface area (Å²) >= 11 is 3.45. The van der Waals surface area contributed by atoms with E-state index in [0.29, 0.717) is 22.8 Å². The number of amides is 1. The Hall–Kier alpha value is -3.06. The van der Waals surface area contributed by atoms with Crippen LogP contribution < -0.4 is 19.6 Å². The van der Waals surface area contributed by atoms with Crippen molar-refractivity contribution in [2.24, 2.45) is 5.10 Å². The van der Waals surface area contributed by atoms with Gasteiger partial charge in [-0.15, -0.1) is 0 Å². The number of hydrazone groups is 1. The van der Waals surface area contributed by atoms with Gasteiger partial charge < -0.3 is 14.2 Å². The number of rotatable bonds is 6. The summed E-state index contributed by atoms with van der Waals surface area (Å²) in [5, 5.41) is 6.00. The van der Waals surface area contributed by atoms with E-state index in [4.69, 9.17) is 14.2 Å². The number of carbonyl (C=O) groups excluding carboxylic acids is 1. The summed E-state index contributed by atoms with van der Waals surface area (Å²) in [7, 11) is 4.65. The fourth-order valence-electron chi connectivity index (χ4n) is 2.76. The van der Waals surface area contributed by atoms with Gasteiger partial charge in [0.25, 0.3) is 5.91 Å². The van der Waals surface area contributed by atoms with Gasteiger partial charge in [-0.1, -0.05) is 24.3 Å². The lowest BCUT2D eigenvalue weighted by molar-refractivity contribution is 0.0952. The van der Waals surface area contributed by atoms with Crippen molar-refractivity contribution in [1.82, 2.24) is 5.43 Å². The molecule has 0 saturated heterocycles. The molecule has 0 aliphatic rings. The highest BCUT2D eigenvalue weighted by Crippen LogP contribution is 2.32. The normalized spacial score (nSPS) is 10.9. The maximum Gasteiger partial charge on any atom is 0.275 e. The van der Waals surface area contributed by atoms with Gasteiger partial charge in [-0.3, -0.25) is 4.79 Å². The van der Waals surface area contributed by atoms with E-state index in [1.54, 1.807) is 32.4 Å². The van der Waals surface area contributed by atoms with Crippen LogP contribution in [0.1, 0.15) is 15.9 Å². The quantitative estimate of drug-likeness (QED) is 0.453. The fourth-order valence-corrected chi connectivity index (χ4v) is 3.18. The molecule has 0 aliphatic carbocycles. The van der Waals surface area contributed by atoms with Crippen LogP contribution in [0.25, 0.3) is 10.8 Å². The van der Waals surface area contributed by atoms with E-state index in [-0.39, 0.29) is 5.91 Å². The predicted molar refractivity (Wildman–Crippen MR) is 113 cm³/mol. The smallest absolute Gasteiger partial charge is 0.275 e. The van der Waals surface area contributed by atoms with E-state index >= 15 is 0 Å². The Kier molecular flexibility index (Phi) is 6.16. The van der Waals surface area contributed by atoms with Gasteiger partial charge in [0.2, 0.25) is 0 Å². The van der Waals surface area contributed by atoms with Gasteiger partial charge in [-0.05, 0) is 51.0 Å². The minimum Gasteiger partial charge on any atom is -0.496 e. The minimum absolute atomic E-state index is 0.365. The second kappa shape index (κ2) is 8.75. The molecular formula is C21H19BrN2O4. The summed E-state index contributed by atoms with van der Waals surface area (Å²) in [5.41, 5.74) is 3.67. The minimum atomic E-state index is -0.365. The van der Waals surface area contributed by atoms with Crippen molar-refractivity contribution < 1.29 is 19.0 Å². The number of carbonyl (C=O) groups is 1. The van der Waals surface area contributed by atoms with Crippen molar-refractivity contribution in [2.45, 2.75) is 0 Å². The first-order valence-electron chi connectivity index (χ1n) is 8.39. The summed E-state index contributed by atoms with van der Waals surface area (Å²) in [4.78, 5) is 12.6. The van der Waals surface area contributed by atoms with E-state index in [9.17, 15) is 4.79 Å². The Morgan fingerprint density at radius 3 is 2.18 bits per heavy atom.